The van der Waals surface area contributed by atoms with Crippen LogP contribution < -0.4 is 15.8 Å². The summed E-state index contributed by atoms with van der Waals surface area (Å²) in [5, 5.41) is 3.09. The molecule has 5 heteroatoms. The van der Waals surface area contributed by atoms with Gasteiger partial charge in [0.1, 0.15) is 12.4 Å². The van der Waals surface area contributed by atoms with E-state index >= 15 is 0 Å². The van der Waals surface area contributed by atoms with Crippen molar-refractivity contribution >= 4 is 29.9 Å². The normalized spacial score (nSPS) is 10.6. The SMILES string of the molecule is C=CCOc1ccccc1CN=C(N)NCCCC.I. The second-order valence-corrected chi connectivity index (χ2v) is 4.19. The lowest BCUT2D eigenvalue weighted by Gasteiger charge is -2.09. The number of unbranched alkanes of at least 4 members (excludes halogenated alkanes) is 1. The van der Waals surface area contributed by atoms with E-state index in [1.165, 1.54) is 0 Å². The zero-order chi connectivity index (χ0) is 13.9. The van der Waals surface area contributed by atoms with E-state index in [9.17, 15) is 0 Å². The maximum atomic E-state index is 5.79. The summed E-state index contributed by atoms with van der Waals surface area (Å²) < 4.78 is 5.57. The van der Waals surface area contributed by atoms with Crippen molar-refractivity contribution < 1.29 is 4.74 Å². The minimum atomic E-state index is 0. The molecule has 1 aromatic carbocycles. The second-order valence-electron chi connectivity index (χ2n) is 4.19. The Kier molecular flexibility index (Phi) is 10.9. The molecule has 3 N–H and O–H groups in total. The van der Waals surface area contributed by atoms with Gasteiger partial charge in [-0.15, -0.1) is 24.0 Å². The molecule has 0 saturated carbocycles. The van der Waals surface area contributed by atoms with Crippen molar-refractivity contribution in [2.45, 2.75) is 26.3 Å². The molecule has 0 atom stereocenters. The largest absolute Gasteiger partial charge is 0.489 e. The smallest absolute Gasteiger partial charge is 0.188 e. The maximum absolute atomic E-state index is 5.79. The fourth-order valence-electron chi connectivity index (χ4n) is 1.54. The first-order valence-corrected chi connectivity index (χ1v) is 6.63. The molecule has 20 heavy (non-hydrogen) atoms. The molecular weight excluding hydrogens is 365 g/mol. The van der Waals surface area contributed by atoms with E-state index in [4.69, 9.17) is 10.5 Å². The topological polar surface area (TPSA) is 59.6 Å². The van der Waals surface area contributed by atoms with Gasteiger partial charge in [-0.05, 0) is 12.5 Å². The second kappa shape index (κ2) is 11.6. The number of nitrogens with two attached hydrogens (primary N) is 1. The summed E-state index contributed by atoms with van der Waals surface area (Å²) in [7, 11) is 0. The third kappa shape index (κ3) is 7.37. The Morgan fingerprint density at radius 1 is 1.45 bits per heavy atom. The first-order valence-electron chi connectivity index (χ1n) is 6.63. The average Bonchev–Trinajstić information content (AvgIpc) is 2.44. The van der Waals surface area contributed by atoms with Crippen LogP contribution in [0.3, 0.4) is 0 Å². The predicted molar refractivity (Wildman–Crippen MR) is 95.8 cm³/mol. The molecule has 0 amide bonds. The van der Waals surface area contributed by atoms with Crippen molar-refractivity contribution in [3.63, 3.8) is 0 Å². The first-order chi connectivity index (χ1) is 9.27. The van der Waals surface area contributed by atoms with Gasteiger partial charge < -0.3 is 15.8 Å². The highest BCUT2D eigenvalue weighted by Gasteiger charge is 2.01. The lowest BCUT2D eigenvalue weighted by atomic mass is 10.2. The van der Waals surface area contributed by atoms with Gasteiger partial charge in [0.2, 0.25) is 0 Å². The number of ether oxygens (including phenoxy) is 1. The number of nitrogens with zero attached hydrogens (tertiary/aromatic N) is 1. The molecule has 4 nitrogen and oxygen atoms in total. The van der Waals surface area contributed by atoms with E-state index < -0.39 is 0 Å². The zero-order valence-corrected chi connectivity index (χ0v) is 14.3. The summed E-state index contributed by atoms with van der Waals surface area (Å²) >= 11 is 0. The Balaban J connectivity index is 0.00000361. The quantitative estimate of drug-likeness (QED) is 0.236. The summed E-state index contributed by atoms with van der Waals surface area (Å²) in [5.74, 6) is 1.31. The minimum absolute atomic E-state index is 0. The molecule has 0 unspecified atom stereocenters. The molecule has 1 rings (SSSR count). The van der Waals surface area contributed by atoms with Crippen LogP contribution in [0.1, 0.15) is 25.3 Å². The van der Waals surface area contributed by atoms with Gasteiger partial charge in [-0.3, -0.25) is 0 Å². The van der Waals surface area contributed by atoms with Crippen LogP contribution in [0.5, 0.6) is 5.75 Å². The van der Waals surface area contributed by atoms with E-state index in [2.05, 4.69) is 23.8 Å². The summed E-state index contributed by atoms with van der Waals surface area (Å²) in [5.41, 5.74) is 6.81. The number of para-hydroxylation sites is 1. The number of hydrogen-bond donors (Lipinski definition) is 2. The van der Waals surface area contributed by atoms with E-state index in [-0.39, 0.29) is 24.0 Å². The minimum Gasteiger partial charge on any atom is -0.489 e. The summed E-state index contributed by atoms with van der Waals surface area (Å²) in [6.45, 7) is 7.64. The summed E-state index contributed by atoms with van der Waals surface area (Å²) in [6.07, 6.45) is 3.95. The molecule has 0 saturated heterocycles. The molecule has 0 aliphatic carbocycles. The molecule has 1 aromatic rings. The van der Waals surface area contributed by atoms with E-state index in [1.807, 2.05) is 24.3 Å². The lowest BCUT2D eigenvalue weighted by Crippen LogP contribution is -2.32. The van der Waals surface area contributed by atoms with Gasteiger partial charge in [-0.1, -0.05) is 44.2 Å². The molecule has 0 aliphatic rings. The Labute approximate surface area is 138 Å². The van der Waals surface area contributed by atoms with Gasteiger partial charge in [0.05, 0.1) is 6.54 Å². The molecular formula is C15H24IN3O. The Bertz CT molecular complexity index is 421. The fourth-order valence-corrected chi connectivity index (χ4v) is 1.54. The van der Waals surface area contributed by atoms with Crippen LogP contribution in [0, 0.1) is 0 Å². The van der Waals surface area contributed by atoms with Crippen molar-refractivity contribution in [3.8, 4) is 5.75 Å². The highest BCUT2D eigenvalue weighted by Crippen LogP contribution is 2.18. The standard InChI is InChI=1S/C15H23N3O.HI/c1-3-5-10-17-15(16)18-12-13-8-6-7-9-14(13)19-11-4-2;/h4,6-9H,2-3,5,10-12H2,1H3,(H3,16,17,18);1H. The molecule has 0 bridgehead atoms. The van der Waals surface area contributed by atoms with Crippen molar-refractivity contribution in [2.24, 2.45) is 10.7 Å². The van der Waals surface area contributed by atoms with E-state index in [1.54, 1.807) is 6.08 Å². The van der Waals surface area contributed by atoms with E-state index in [0.29, 0.717) is 19.1 Å². The molecule has 0 aromatic heterocycles. The molecule has 0 fully saturated rings. The van der Waals surface area contributed by atoms with Crippen LogP contribution in [-0.4, -0.2) is 19.1 Å². The van der Waals surface area contributed by atoms with Gasteiger partial charge in [0, 0.05) is 12.1 Å². The summed E-state index contributed by atoms with van der Waals surface area (Å²) in [4.78, 5) is 4.31. The molecule has 0 spiro atoms. The molecule has 0 radical (unpaired) electrons. The van der Waals surface area contributed by atoms with Gasteiger partial charge in [-0.2, -0.15) is 0 Å². The number of rotatable bonds is 8. The van der Waals surface area contributed by atoms with Gasteiger partial charge >= 0.3 is 0 Å². The van der Waals surface area contributed by atoms with Crippen LogP contribution in [0.15, 0.2) is 41.9 Å². The van der Waals surface area contributed by atoms with Gasteiger partial charge in [-0.25, -0.2) is 4.99 Å². The van der Waals surface area contributed by atoms with Crippen LogP contribution in [0.4, 0.5) is 0 Å². The average molecular weight is 389 g/mol. The molecule has 0 aliphatic heterocycles. The van der Waals surface area contributed by atoms with Gasteiger partial charge in [0.25, 0.3) is 0 Å². The van der Waals surface area contributed by atoms with Crippen LogP contribution >= 0.6 is 24.0 Å². The monoisotopic (exact) mass is 389 g/mol. The first kappa shape index (κ1) is 18.8. The summed E-state index contributed by atoms with van der Waals surface area (Å²) in [6, 6.07) is 7.82. The Morgan fingerprint density at radius 3 is 2.90 bits per heavy atom. The molecule has 0 heterocycles. The predicted octanol–water partition coefficient (Wildman–Crippen LogP) is 3.07. The molecule has 112 valence electrons. The highest BCUT2D eigenvalue weighted by molar-refractivity contribution is 14.0. The fraction of sp³-hybridized carbons (Fsp3) is 0.400. The third-order valence-corrected chi connectivity index (χ3v) is 2.59. The highest BCUT2D eigenvalue weighted by atomic mass is 127. The Morgan fingerprint density at radius 2 is 2.20 bits per heavy atom. The van der Waals surface area contributed by atoms with Crippen molar-refractivity contribution in [3.05, 3.63) is 42.5 Å². The number of nitrogens with one attached hydrogen (secondary N) is 1. The van der Waals surface area contributed by atoms with Gasteiger partial charge in [0.15, 0.2) is 5.96 Å². The zero-order valence-electron chi connectivity index (χ0n) is 12.0. The lowest BCUT2D eigenvalue weighted by molar-refractivity contribution is 0.359. The van der Waals surface area contributed by atoms with Crippen molar-refractivity contribution in [1.82, 2.24) is 5.32 Å². The third-order valence-electron chi connectivity index (χ3n) is 2.59. The maximum Gasteiger partial charge on any atom is 0.188 e. The number of benzene rings is 1. The van der Waals surface area contributed by atoms with Crippen LogP contribution in [0.25, 0.3) is 0 Å². The Hall–Kier alpha value is -1.24. The van der Waals surface area contributed by atoms with Crippen molar-refractivity contribution in [1.29, 1.82) is 0 Å². The number of guanidine groups is 1. The number of hydrogen-bond acceptors (Lipinski definition) is 2. The number of halogens is 1. The number of aliphatic imine (C=N–C) groups is 1. The van der Waals surface area contributed by atoms with Crippen LogP contribution in [-0.2, 0) is 6.54 Å². The van der Waals surface area contributed by atoms with Crippen molar-refractivity contribution in [2.75, 3.05) is 13.2 Å². The van der Waals surface area contributed by atoms with Crippen LogP contribution in [0.2, 0.25) is 0 Å². The van der Waals surface area contributed by atoms with E-state index in [0.717, 1.165) is 30.7 Å².